The Morgan fingerprint density at radius 1 is 1.38 bits per heavy atom. The summed E-state index contributed by atoms with van der Waals surface area (Å²) in [5.41, 5.74) is 0. The minimum Gasteiger partial charge on any atom is -0.357 e. The van der Waals surface area contributed by atoms with Crippen molar-refractivity contribution in [3.63, 3.8) is 0 Å². The first-order valence-electron chi connectivity index (χ1n) is 7.23. The molecule has 0 amide bonds. The molecule has 2 rings (SSSR count). The number of nitrogens with zero attached hydrogens (tertiary/aromatic N) is 4. The van der Waals surface area contributed by atoms with Crippen LogP contribution < -0.4 is 10.2 Å². The summed E-state index contributed by atoms with van der Waals surface area (Å²) in [6.07, 6.45) is 1.84. The summed E-state index contributed by atoms with van der Waals surface area (Å²) in [6.45, 7) is 11.2. The molecule has 1 aromatic heterocycles. The number of hydrogen-bond acceptors (Lipinski definition) is 3. The maximum Gasteiger partial charge on any atom is 0.194 e. The van der Waals surface area contributed by atoms with E-state index < -0.39 is 0 Å². The number of guanidine groups is 1. The summed E-state index contributed by atoms with van der Waals surface area (Å²) in [6, 6.07) is 6.04. The first-order valence-corrected chi connectivity index (χ1v) is 8.02. The zero-order chi connectivity index (χ0) is 15.1. The van der Waals surface area contributed by atoms with E-state index in [1.807, 2.05) is 18.3 Å². The molecule has 2 heterocycles. The predicted octanol–water partition coefficient (Wildman–Crippen LogP) is 2.08. The summed E-state index contributed by atoms with van der Waals surface area (Å²) in [4.78, 5) is 13.6. The lowest BCUT2D eigenvalue weighted by atomic mass is 10.3. The summed E-state index contributed by atoms with van der Waals surface area (Å²) < 4.78 is 0.894. The van der Waals surface area contributed by atoms with Gasteiger partial charge in [0.2, 0.25) is 0 Å². The normalized spacial score (nSPS) is 16.0. The maximum atomic E-state index is 4.59. The lowest BCUT2D eigenvalue weighted by Crippen LogP contribution is -2.52. The number of aliphatic imine (C=N–C) groups is 1. The van der Waals surface area contributed by atoms with Gasteiger partial charge >= 0.3 is 0 Å². The molecular weight excluding hydrogens is 330 g/mol. The number of anilines is 1. The van der Waals surface area contributed by atoms with Crippen LogP contribution in [0.5, 0.6) is 0 Å². The molecular formula is C15H22BrN5. The van der Waals surface area contributed by atoms with Crippen LogP contribution in [0.4, 0.5) is 5.82 Å². The number of hydrogen-bond donors (Lipinski definition) is 1. The lowest BCUT2D eigenvalue weighted by molar-refractivity contribution is 0.372. The molecule has 5 nitrogen and oxygen atoms in total. The second-order valence-electron chi connectivity index (χ2n) is 4.85. The molecule has 114 valence electrons. The fourth-order valence-corrected chi connectivity index (χ4v) is 2.40. The fourth-order valence-electron chi connectivity index (χ4n) is 2.27. The van der Waals surface area contributed by atoms with Crippen molar-refractivity contribution < 1.29 is 0 Å². The molecule has 0 aromatic carbocycles. The third-order valence-corrected chi connectivity index (χ3v) is 3.54. The van der Waals surface area contributed by atoms with Crippen LogP contribution in [0, 0.1) is 0 Å². The van der Waals surface area contributed by atoms with Gasteiger partial charge in [-0.1, -0.05) is 28.6 Å². The van der Waals surface area contributed by atoms with Crippen molar-refractivity contribution in [1.82, 2.24) is 15.2 Å². The van der Waals surface area contributed by atoms with Crippen molar-refractivity contribution in [3.8, 4) is 0 Å². The second kappa shape index (κ2) is 8.02. The van der Waals surface area contributed by atoms with Crippen LogP contribution in [0.2, 0.25) is 0 Å². The van der Waals surface area contributed by atoms with E-state index in [4.69, 9.17) is 0 Å². The highest BCUT2D eigenvalue weighted by Crippen LogP contribution is 2.12. The Labute approximate surface area is 134 Å². The average Bonchev–Trinajstić information content (AvgIpc) is 2.52. The van der Waals surface area contributed by atoms with E-state index in [2.05, 4.69) is 60.6 Å². The van der Waals surface area contributed by atoms with Gasteiger partial charge in [-0.25, -0.2) is 9.98 Å². The summed E-state index contributed by atoms with van der Waals surface area (Å²) in [7, 11) is 0. The van der Waals surface area contributed by atoms with E-state index in [1.54, 1.807) is 0 Å². The third-order valence-electron chi connectivity index (χ3n) is 3.29. The number of nitrogens with one attached hydrogen (secondary N) is 1. The van der Waals surface area contributed by atoms with Crippen LogP contribution in [-0.2, 0) is 0 Å². The molecule has 1 saturated heterocycles. The van der Waals surface area contributed by atoms with E-state index in [0.717, 1.165) is 49.0 Å². The Balaban J connectivity index is 1.95. The Morgan fingerprint density at radius 2 is 2.14 bits per heavy atom. The summed E-state index contributed by atoms with van der Waals surface area (Å²) in [5, 5.41) is 3.34. The predicted molar refractivity (Wildman–Crippen MR) is 92.1 cm³/mol. The highest BCUT2D eigenvalue weighted by atomic mass is 79.9. The van der Waals surface area contributed by atoms with Crippen molar-refractivity contribution >= 4 is 27.7 Å². The number of pyridine rings is 1. The van der Waals surface area contributed by atoms with Crippen LogP contribution in [-0.4, -0.2) is 55.1 Å². The molecule has 0 radical (unpaired) electrons. The molecule has 1 aliphatic rings. The molecule has 1 aromatic rings. The fraction of sp³-hybridized carbons (Fsp3) is 0.467. The monoisotopic (exact) mass is 351 g/mol. The van der Waals surface area contributed by atoms with Gasteiger partial charge in [0.05, 0.1) is 6.54 Å². The maximum absolute atomic E-state index is 4.59. The standard InChI is InChI=1S/C15H22BrN5/c1-3-17-15(19-12-13(2)16)21-10-8-20(9-11-21)14-6-4-5-7-18-14/h4-7H,2-3,8-12H2,1H3,(H,17,19). The van der Waals surface area contributed by atoms with Crippen molar-refractivity contribution in [2.45, 2.75) is 6.92 Å². The van der Waals surface area contributed by atoms with Gasteiger partial charge in [-0.2, -0.15) is 0 Å². The van der Waals surface area contributed by atoms with Crippen LogP contribution >= 0.6 is 15.9 Å². The van der Waals surface area contributed by atoms with E-state index >= 15 is 0 Å². The molecule has 0 spiro atoms. The SMILES string of the molecule is C=C(Br)CN=C(NCC)N1CCN(c2ccccn2)CC1. The third kappa shape index (κ3) is 4.74. The van der Waals surface area contributed by atoms with Gasteiger partial charge in [0, 0.05) is 43.4 Å². The van der Waals surface area contributed by atoms with Gasteiger partial charge < -0.3 is 15.1 Å². The molecule has 1 N–H and O–H groups in total. The van der Waals surface area contributed by atoms with Gasteiger partial charge in [0.1, 0.15) is 5.82 Å². The molecule has 0 bridgehead atoms. The highest BCUT2D eigenvalue weighted by molar-refractivity contribution is 9.11. The number of rotatable bonds is 4. The first-order chi connectivity index (χ1) is 10.2. The average molecular weight is 352 g/mol. The second-order valence-corrected chi connectivity index (χ2v) is 5.97. The lowest BCUT2D eigenvalue weighted by Gasteiger charge is -2.37. The zero-order valence-electron chi connectivity index (χ0n) is 12.4. The molecule has 0 atom stereocenters. The largest absolute Gasteiger partial charge is 0.357 e. The molecule has 21 heavy (non-hydrogen) atoms. The molecule has 6 heteroatoms. The Bertz CT molecular complexity index is 480. The van der Waals surface area contributed by atoms with Crippen LogP contribution in [0.25, 0.3) is 0 Å². The minimum atomic E-state index is 0.600. The van der Waals surface area contributed by atoms with Crippen molar-refractivity contribution in [2.24, 2.45) is 4.99 Å². The van der Waals surface area contributed by atoms with Gasteiger partial charge in [-0.3, -0.25) is 0 Å². The molecule has 1 aliphatic heterocycles. The molecule has 0 saturated carbocycles. The van der Waals surface area contributed by atoms with Crippen molar-refractivity contribution in [3.05, 3.63) is 35.5 Å². The number of halogens is 1. The zero-order valence-corrected chi connectivity index (χ0v) is 14.0. The van der Waals surface area contributed by atoms with Crippen LogP contribution in [0.1, 0.15) is 6.92 Å². The van der Waals surface area contributed by atoms with Crippen LogP contribution in [0.3, 0.4) is 0 Å². The van der Waals surface area contributed by atoms with Gasteiger partial charge in [0.15, 0.2) is 5.96 Å². The van der Waals surface area contributed by atoms with E-state index in [1.165, 1.54) is 0 Å². The quantitative estimate of drug-likeness (QED) is 0.666. The van der Waals surface area contributed by atoms with Gasteiger partial charge in [0.25, 0.3) is 0 Å². The van der Waals surface area contributed by atoms with E-state index in [-0.39, 0.29) is 0 Å². The smallest absolute Gasteiger partial charge is 0.194 e. The van der Waals surface area contributed by atoms with Gasteiger partial charge in [-0.15, -0.1) is 0 Å². The molecule has 1 fully saturated rings. The van der Waals surface area contributed by atoms with E-state index in [9.17, 15) is 0 Å². The summed E-state index contributed by atoms with van der Waals surface area (Å²) >= 11 is 3.35. The Morgan fingerprint density at radius 3 is 2.71 bits per heavy atom. The van der Waals surface area contributed by atoms with Crippen molar-refractivity contribution in [1.29, 1.82) is 0 Å². The number of aromatic nitrogens is 1. The van der Waals surface area contributed by atoms with Crippen LogP contribution in [0.15, 0.2) is 40.4 Å². The topological polar surface area (TPSA) is 43.8 Å². The Kier molecular flexibility index (Phi) is 6.04. The van der Waals surface area contributed by atoms with Crippen molar-refractivity contribution in [2.75, 3.05) is 44.2 Å². The minimum absolute atomic E-state index is 0.600. The van der Waals surface area contributed by atoms with E-state index in [0.29, 0.717) is 6.54 Å². The Hall–Kier alpha value is -1.56. The highest BCUT2D eigenvalue weighted by Gasteiger charge is 2.20. The van der Waals surface area contributed by atoms with Gasteiger partial charge in [-0.05, 0) is 19.1 Å². The molecule has 0 aliphatic carbocycles. The molecule has 0 unspecified atom stereocenters. The summed E-state index contributed by atoms with van der Waals surface area (Å²) in [5.74, 6) is 2.01. The first kappa shape index (κ1) is 15.8. The number of piperazine rings is 1.